The van der Waals surface area contributed by atoms with E-state index in [1.807, 2.05) is 0 Å². The molecule has 3 aromatic rings. The van der Waals surface area contributed by atoms with E-state index in [0.717, 1.165) is 10.7 Å². The van der Waals surface area contributed by atoms with Crippen LogP contribution in [0, 0.1) is 6.92 Å². The first-order valence-corrected chi connectivity index (χ1v) is 11.8. The molecule has 4 rings (SSSR count). The number of halogens is 6. The van der Waals surface area contributed by atoms with Crippen molar-refractivity contribution in [3.63, 3.8) is 0 Å². The predicted octanol–water partition coefficient (Wildman–Crippen LogP) is 5.53. The summed E-state index contributed by atoms with van der Waals surface area (Å²) >= 11 is 0. The number of carbonyl (C=O) groups is 2. The molecule has 1 aromatic heterocycles. The quantitative estimate of drug-likeness (QED) is 0.321. The largest absolute Gasteiger partial charge is 0.465 e. The number of nitrogens with one attached hydrogen (secondary N) is 1. The van der Waals surface area contributed by atoms with Crippen LogP contribution in [0.2, 0.25) is 0 Å². The lowest BCUT2D eigenvalue weighted by Crippen LogP contribution is -2.31. The molecule has 1 N–H and O–H groups in total. The van der Waals surface area contributed by atoms with Gasteiger partial charge in [0.05, 0.1) is 30.8 Å². The number of ether oxygens (including phenoxy) is 1. The zero-order valence-electron chi connectivity index (χ0n) is 21.1. The molecule has 2 heterocycles. The van der Waals surface area contributed by atoms with Gasteiger partial charge in [-0.05, 0) is 48.7 Å². The second-order valence-corrected chi connectivity index (χ2v) is 9.15. The number of benzene rings is 2. The average molecular weight is 554 g/mol. The van der Waals surface area contributed by atoms with Gasteiger partial charge in [-0.1, -0.05) is 24.3 Å². The molecule has 13 heteroatoms. The van der Waals surface area contributed by atoms with E-state index in [0.29, 0.717) is 5.56 Å². The number of carbonyl (C=O) groups excluding carboxylic acids is 2. The Bertz CT molecular complexity index is 1400. The van der Waals surface area contributed by atoms with Gasteiger partial charge >= 0.3 is 18.3 Å². The SMILES string of the molecule is COC(=O)c1ccc([C@H](C)NC(=O)c2c(C(F)(F)F)nn3c2N(Cc2ccc(C)c(C(F)(F)F)c2)CC3)cc1. The Hall–Kier alpha value is -4.03. The summed E-state index contributed by atoms with van der Waals surface area (Å²) in [5.41, 5.74) is -1.91. The van der Waals surface area contributed by atoms with Crippen LogP contribution in [0.3, 0.4) is 0 Å². The smallest absolute Gasteiger partial charge is 0.436 e. The summed E-state index contributed by atoms with van der Waals surface area (Å²) in [6.07, 6.45) is -9.54. The predicted molar refractivity (Wildman–Crippen MR) is 128 cm³/mol. The van der Waals surface area contributed by atoms with Gasteiger partial charge in [-0.2, -0.15) is 31.4 Å². The Morgan fingerprint density at radius 1 is 1.03 bits per heavy atom. The zero-order valence-corrected chi connectivity index (χ0v) is 21.1. The minimum absolute atomic E-state index is 0.0192. The van der Waals surface area contributed by atoms with E-state index in [2.05, 4.69) is 15.2 Å². The van der Waals surface area contributed by atoms with Crippen molar-refractivity contribution in [3.8, 4) is 0 Å². The lowest BCUT2D eigenvalue weighted by atomic mass is 10.0. The Labute approximate surface area is 219 Å². The minimum atomic E-state index is -4.95. The molecule has 208 valence electrons. The van der Waals surface area contributed by atoms with Crippen molar-refractivity contribution < 1.29 is 40.7 Å². The third-order valence-electron chi connectivity index (χ3n) is 6.46. The summed E-state index contributed by atoms with van der Waals surface area (Å²) in [6, 6.07) is 8.96. The second kappa shape index (κ2) is 10.3. The van der Waals surface area contributed by atoms with Crippen LogP contribution in [0.15, 0.2) is 42.5 Å². The van der Waals surface area contributed by atoms with Crippen LogP contribution < -0.4 is 10.2 Å². The molecular weight excluding hydrogens is 530 g/mol. The third kappa shape index (κ3) is 5.71. The van der Waals surface area contributed by atoms with Gasteiger partial charge in [0.1, 0.15) is 11.4 Å². The number of alkyl halides is 6. The van der Waals surface area contributed by atoms with E-state index in [4.69, 9.17) is 0 Å². The number of aryl methyl sites for hydroxylation is 1. The zero-order chi connectivity index (χ0) is 28.7. The van der Waals surface area contributed by atoms with Gasteiger partial charge in [0.15, 0.2) is 5.69 Å². The molecule has 1 aliphatic rings. The Morgan fingerprint density at radius 2 is 1.69 bits per heavy atom. The number of esters is 1. The van der Waals surface area contributed by atoms with E-state index >= 15 is 0 Å². The molecule has 0 fully saturated rings. The molecular formula is C26H24F6N4O3. The average Bonchev–Trinajstić information content (AvgIpc) is 3.44. The van der Waals surface area contributed by atoms with Gasteiger partial charge < -0.3 is 15.0 Å². The fourth-order valence-electron chi connectivity index (χ4n) is 4.48. The summed E-state index contributed by atoms with van der Waals surface area (Å²) in [5, 5.41) is 6.16. The van der Waals surface area contributed by atoms with Crippen LogP contribution in [0.5, 0.6) is 0 Å². The molecule has 39 heavy (non-hydrogen) atoms. The summed E-state index contributed by atoms with van der Waals surface area (Å²) in [4.78, 5) is 26.3. The molecule has 0 saturated heterocycles. The Morgan fingerprint density at radius 3 is 2.28 bits per heavy atom. The van der Waals surface area contributed by atoms with Crippen molar-refractivity contribution in [2.45, 2.75) is 45.3 Å². The number of rotatable bonds is 6. The standard InChI is InChI=1S/C26H24F6N4O3/c1-14-4-5-16(12-19(14)25(27,28)29)13-35-10-11-36-23(35)20(21(34-36)26(30,31)32)22(37)33-15(2)17-6-8-18(9-7-17)24(38)39-3/h4-9,12,15H,10-11,13H2,1-3H3,(H,33,37)/t15-/m0/s1. The third-order valence-corrected chi connectivity index (χ3v) is 6.46. The van der Waals surface area contributed by atoms with Crippen molar-refractivity contribution in [1.29, 1.82) is 0 Å². The summed E-state index contributed by atoms with van der Waals surface area (Å²) in [7, 11) is 1.22. The van der Waals surface area contributed by atoms with Crippen LogP contribution in [-0.4, -0.2) is 35.3 Å². The fraction of sp³-hybridized carbons (Fsp3) is 0.346. The lowest BCUT2D eigenvalue weighted by Gasteiger charge is -2.22. The number of nitrogens with zero attached hydrogens (tertiary/aromatic N) is 3. The molecule has 2 aromatic carbocycles. The number of methoxy groups -OCH3 is 1. The molecule has 7 nitrogen and oxygen atoms in total. The van der Waals surface area contributed by atoms with Crippen LogP contribution >= 0.6 is 0 Å². The van der Waals surface area contributed by atoms with Gasteiger partial charge in [-0.15, -0.1) is 0 Å². The number of anilines is 1. The van der Waals surface area contributed by atoms with Crippen molar-refractivity contribution in [2.24, 2.45) is 0 Å². The maximum absolute atomic E-state index is 13.9. The highest BCUT2D eigenvalue weighted by molar-refractivity contribution is 6.01. The highest BCUT2D eigenvalue weighted by Crippen LogP contribution is 2.39. The highest BCUT2D eigenvalue weighted by atomic mass is 19.4. The van der Waals surface area contributed by atoms with Crippen LogP contribution in [-0.2, 0) is 30.2 Å². The molecule has 0 saturated carbocycles. The van der Waals surface area contributed by atoms with E-state index in [1.54, 1.807) is 6.92 Å². The topological polar surface area (TPSA) is 76.5 Å². The number of fused-ring (bicyclic) bond motifs is 1. The molecule has 0 radical (unpaired) electrons. The monoisotopic (exact) mass is 554 g/mol. The van der Waals surface area contributed by atoms with Crippen LogP contribution in [0.1, 0.15) is 61.6 Å². The number of aromatic nitrogens is 2. The van der Waals surface area contributed by atoms with Gasteiger partial charge in [0.2, 0.25) is 0 Å². The van der Waals surface area contributed by atoms with Gasteiger partial charge in [0, 0.05) is 13.1 Å². The number of hydrogen-bond donors (Lipinski definition) is 1. The van der Waals surface area contributed by atoms with Gasteiger partial charge in [0.25, 0.3) is 5.91 Å². The van der Waals surface area contributed by atoms with Crippen LogP contribution in [0.25, 0.3) is 0 Å². The second-order valence-electron chi connectivity index (χ2n) is 9.15. The van der Waals surface area contributed by atoms with Crippen LogP contribution in [0.4, 0.5) is 32.2 Å². The molecule has 0 unspecified atom stereocenters. The molecule has 1 aliphatic heterocycles. The lowest BCUT2D eigenvalue weighted by molar-refractivity contribution is -0.142. The first-order chi connectivity index (χ1) is 18.2. The Kier molecular flexibility index (Phi) is 7.37. The van der Waals surface area contributed by atoms with E-state index < -0.39 is 47.1 Å². The normalized spacial score (nSPS) is 14.2. The van der Waals surface area contributed by atoms with Gasteiger partial charge in [-0.3, -0.25) is 4.79 Å². The maximum Gasteiger partial charge on any atom is 0.436 e. The molecule has 1 amide bonds. The number of amides is 1. The van der Waals surface area contributed by atoms with E-state index in [-0.39, 0.29) is 42.1 Å². The van der Waals surface area contributed by atoms with Gasteiger partial charge in [-0.25, -0.2) is 9.48 Å². The highest BCUT2D eigenvalue weighted by Gasteiger charge is 2.44. The van der Waals surface area contributed by atoms with Crippen molar-refractivity contribution in [1.82, 2.24) is 15.1 Å². The maximum atomic E-state index is 13.9. The molecule has 0 bridgehead atoms. The van der Waals surface area contributed by atoms with Crippen molar-refractivity contribution >= 4 is 17.7 Å². The first kappa shape index (κ1) is 28.0. The Balaban J connectivity index is 1.65. The van der Waals surface area contributed by atoms with E-state index in [9.17, 15) is 35.9 Å². The molecule has 0 spiro atoms. The summed E-state index contributed by atoms with van der Waals surface area (Å²) in [5.74, 6) is -1.73. The molecule has 1 atom stereocenters. The fourth-order valence-corrected chi connectivity index (χ4v) is 4.48. The molecule has 0 aliphatic carbocycles. The van der Waals surface area contributed by atoms with Crippen molar-refractivity contribution in [2.75, 3.05) is 18.6 Å². The summed E-state index contributed by atoms with van der Waals surface area (Å²) < 4.78 is 87.6. The van der Waals surface area contributed by atoms with E-state index in [1.165, 1.54) is 55.3 Å². The van der Waals surface area contributed by atoms with Crippen molar-refractivity contribution in [3.05, 3.63) is 81.5 Å². The number of hydrogen-bond acceptors (Lipinski definition) is 5. The first-order valence-electron chi connectivity index (χ1n) is 11.8. The minimum Gasteiger partial charge on any atom is -0.465 e. The summed E-state index contributed by atoms with van der Waals surface area (Å²) in [6.45, 7) is 2.90.